The smallest absolute Gasteiger partial charge is 0.152 e. The van der Waals surface area contributed by atoms with Gasteiger partial charge in [0.05, 0.1) is 5.60 Å². The molecule has 0 heterocycles. The van der Waals surface area contributed by atoms with Gasteiger partial charge >= 0.3 is 0 Å². The van der Waals surface area contributed by atoms with E-state index in [9.17, 15) is 5.11 Å². The molecule has 1 atom stereocenters. The maximum atomic E-state index is 9.25. The maximum absolute atomic E-state index is 9.25. The van der Waals surface area contributed by atoms with E-state index in [1.165, 1.54) is 25.7 Å². The highest BCUT2D eigenvalue weighted by Gasteiger charge is 2.33. The molecule has 1 unspecified atom stereocenters. The van der Waals surface area contributed by atoms with Crippen molar-refractivity contribution in [2.24, 2.45) is 11.8 Å². The van der Waals surface area contributed by atoms with Crippen molar-refractivity contribution in [3.8, 4) is 0 Å². The van der Waals surface area contributed by atoms with E-state index < -0.39 is 6.29 Å². The first-order valence-electron chi connectivity index (χ1n) is 5.77. The fourth-order valence-electron chi connectivity index (χ4n) is 2.49. The Labute approximate surface area is 87.7 Å². The molecule has 84 valence electrons. The van der Waals surface area contributed by atoms with Crippen LogP contribution in [-0.2, 0) is 4.74 Å². The first-order valence-corrected chi connectivity index (χ1v) is 5.77. The summed E-state index contributed by atoms with van der Waals surface area (Å²) < 4.78 is 5.57. The van der Waals surface area contributed by atoms with Gasteiger partial charge in [0.25, 0.3) is 0 Å². The molecule has 0 saturated heterocycles. The molecule has 0 radical (unpaired) electrons. The summed E-state index contributed by atoms with van der Waals surface area (Å²) in [7, 11) is 0. The highest BCUT2D eigenvalue weighted by Crippen LogP contribution is 2.37. The van der Waals surface area contributed by atoms with Crippen molar-refractivity contribution in [3.63, 3.8) is 0 Å². The monoisotopic (exact) mass is 200 g/mol. The third-order valence-corrected chi connectivity index (χ3v) is 3.47. The van der Waals surface area contributed by atoms with Crippen LogP contribution in [0.1, 0.15) is 53.4 Å². The van der Waals surface area contributed by atoms with Crippen LogP contribution in [-0.4, -0.2) is 17.0 Å². The van der Waals surface area contributed by atoms with Gasteiger partial charge in [-0.15, -0.1) is 0 Å². The summed E-state index contributed by atoms with van der Waals surface area (Å²) in [6, 6.07) is 0. The van der Waals surface area contributed by atoms with Crippen LogP contribution in [0.2, 0.25) is 0 Å². The Kier molecular flexibility index (Phi) is 3.96. The molecular weight excluding hydrogens is 176 g/mol. The SMILES string of the molecule is CC1CCC(C(C)(C)OC(C)O)CC1. The summed E-state index contributed by atoms with van der Waals surface area (Å²) >= 11 is 0. The van der Waals surface area contributed by atoms with E-state index in [1.807, 2.05) is 0 Å². The van der Waals surface area contributed by atoms with Gasteiger partial charge in [-0.2, -0.15) is 0 Å². The third-order valence-electron chi connectivity index (χ3n) is 3.47. The lowest BCUT2D eigenvalue weighted by molar-refractivity contribution is -0.187. The van der Waals surface area contributed by atoms with E-state index in [0.29, 0.717) is 5.92 Å². The van der Waals surface area contributed by atoms with Crippen LogP contribution in [0.5, 0.6) is 0 Å². The van der Waals surface area contributed by atoms with Crippen molar-refractivity contribution in [1.82, 2.24) is 0 Å². The van der Waals surface area contributed by atoms with E-state index in [2.05, 4.69) is 20.8 Å². The molecule has 1 aliphatic rings. The van der Waals surface area contributed by atoms with Gasteiger partial charge in [-0.1, -0.05) is 19.8 Å². The number of aliphatic hydroxyl groups is 1. The average molecular weight is 200 g/mol. The summed E-state index contributed by atoms with van der Waals surface area (Å²) in [6.45, 7) is 8.20. The zero-order valence-corrected chi connectivity index (χ0v) is 9.92. The van der Waals surface area contributed by atoms with E-state index in [-0.39, 0.29) is 5.60 Å². The number of hydrogen-bond donors (Lipinski definition) is 1. The van der Waals surface area contributed by atoms with Gasteiger partial charge in [0, 0.05) is 0 Å². The van der Waals surface area contributed by atoms with Gasteiger partial charge in [0.15, 0.2) is 6.29 Å². The fourth-order valence-corrected chi connectivity index (χ4v) is 2.49. The van der Waals surface area contributed by atoms with E-state index in [4.69, 9.17) is 4.74 Å². The molecule has 0 aromatic rings. The van der Waals surface area contributed by atoms with Crippen LogP contribution in [0, 0.1) is 11.8 Å². The second-order valence-corrected chi connectivity index (χ2v) is 5.28. The van der Waals surface area contributed by atoms with Gasteiger partial charge in [0.1, 0.15) is 0 Å². The Morgan fingerprint density at radius 1 is 1.21 bits per heavy atom. The van der Waals surface area contributed by atoms with Crippen LogP contribution in [0.4, 0.5) is 0 Å². The van der Waals surface area contributed by atoms with Crippen LogP contribution >= 0.6 is 0 Å². The molecule has 2 heteroatoms. The number of ether oxygens (including phenoxy) is 1. The van der Waals surface area contributed by atoms with Crippen molar-refractivity contribution < 1.29 is 9.84 Å². The number of aliphatic hydroxyl groups excluding tert-OH is 1. The second-order valence-electron chi connectivity index (χ2n) is 5.28. The van der Waals surface area contributed by atoms with E-state index >= 15 is 0 Å². The fraction of sp³-hybridized carbons (Fsp3) is 1.00. The molecule has 1 N–H and O–H groups in total. The Balaban J connectivity index is 2.46. The lowest BCUT2D eigenvalue weighted by atomic mass is 9.75. The molecule has 1 aliphatic carbocycles. The molecule has 0 aliphatic heterocycles. The van der Waals surface area contributed by atoms with Crippen LogP contribution < -0.4 is 0 Å². The highest BCUT2D eigenvalue weighted by atomic mass is 16.6. The van der Waals surface area contributed by atoms with Crippen molar-refractivity contribution in [2.75, 3.05) is 0 Å². The summed E-state index contributed by atoms with van der Waals surface area (Å²) in [6.07, 6.45) is 4.43. The van der Waals surface area contributed by atoms with Gasteiger partial charge < -0.3 is 9.84 Å². The molecule has 0 bridgehead atoms. The molecule has 0 amide bonds. The van der Waals surface area contributed by atoms with Gasteiger partial charge in [-0.25, -0.2) is 0 Å². The lowest BCUT2D eigenvalue weighted by Gasteiger charge is -2.39. The minimum atomic E-state index is -0.649. The maximum Gasteiger partial charge on any atom is 0.152 e. The summed E-state index contributed by atoms with van der Waals surface area (Å²) in [5, 5.41) is 9.25. The first-order chi connectivity index (χ1) is 6.42. The van der Waals surface area contributed by atoms with Crippen molar-refractivity contribution in [3.05, 3.63) is 0 Å². The largest absolute Gasteiger partial charge is 0.368 e. The summed E-state index contributed by atoms with van der Waals surface area (Å²) in [5.41, 5.74) is -0.172. The van der Waals surface area contributed by atoms with Crippen molar-refractivity contribution >= 4 is 0 Å². The second kappa shape index (κ2) is 4.63. The zero-order chi connectivity index (χ0) is 10.8. The molecule has 2 nitrogen and oxygen atoms in total. The van der Waals surface area contributed by atoms with Crippen LogP contribution in [0.25, 0.3) is 0 Å². The minimum Gasteiger partial charge on any atom is -0.368 e. The van der Waals surface area contributed by atoms with Gasteiger partial charge in [-0.3, -0.25) is 0 Å². The van der Waals surface area contributed by atoms with Gasteiger partial charge in [0.2, 0.25) is 0 Å². The molecule has 0 aromatic heterocycles. The predicted octanol–water partition coefficient (Wildman–Crippen LogP) is 2.95. The quantitative estimate of drug-likeness (QED) is 0.710. The number of rotatable bonds is 3. The Bertz CT molecular complexity index is 167. The van der Waals surface area contributed by atoms with Crippen molar-refractivity contribution in [1.29, 1.82) is 0 Å². The summed E-state index contributed by atoms with van der Waals surface area (Å²) in [4.78, 5) is 0. The Hall–Kier alpha value is -0.0800. The average Bonchev–Trinajstić information content (AvgIpc) is 2.02. The normalized spacial score (nSPS) is 31.5. The molecule has 14 heavy (non-hydrogen) atoms. The molecule has 1 saturated carbocycles. The lowest BCUT2D eigenvalue weighted by Crippen LogP contribution is -2.39. The Morgan fingerprint density at radius 2 is 1.71 bits per heavy atom. The Morgan fingerprint density at radius 3 is 2.14 bits per heavy atom. The van der Waals surface area contributed by atoms with Gasteiger partial charge in [-0.05, 0) is 45.4 Å². The highest BCUT2D eigenvalue weighted by molar-refractivity contribution is 4.83. The molecule has 1 fully saturated rings. The zero-order valence-electron chi connectivity index (χ0n) is 9.92. The molecule has 0 aromatic carbocycles. The van der Waals surface area contributed by atoms with Crippen LogP contribution in [0.3, 0.4) is 0 Å². The standard InChI is InChI=1S/C12H24O2/c1-9-5-7-11(8-6-9)12(3,4)14-10(2)13/h9-11,13H,5-8H2,1-4H3. The molecular formula is C12H24O2. The van der Waals surface area contributed by atoms with E-state index in [0.717, 1.165) is 5.92 Å². The first kappa shape index (κ1) is 12.0. The van der Waals surface area contributed by atoms with Crippen molar-refractivity contribution in [2.45, 2.75) is 65.3 Å². The predicted molar refractivity (Wildman–Crippen MR) is 58.0 cm³/mol. The number of hydrogen-bond acceptors (Lipinski definition) is 2. The van der Waals surface area contributed by atoms with E-state index in [1.54, 1.807) is 6.92 Å². The minimum absolute atomic E-state index is 0.172. The summed E-state index contributed by atoms with van der Waals surface area (Å²) in [5.74, 6) is 1.47. The molecule has 0 spiro atoms. The van der Waals surface area contributed by atoms with Crippen LogP contribution in [0.15, 0.2) is 0 Å². The topological polar surface area (TPSA) is 29.5 Å². The molecule has 1 rings (SSSR count). The third kappa shape index (κ3) is 3.25.